The topological polar surface area (TPSA) is 78.9 Å². The van der Waals surface area contributed by atoms with Crippen molar-refractivity contribution in [1.29, 1.82) is 0 Å². The molecule has 0 aromatic rings. The van der Waals surface area contributed by atoms with E-state index in [2.05, 4.69) is 27.7 Å². The first-order valence-corrected chi connectivity index (χ1v) is 22.9. The van der Waals surface area contributed by atoms with Gasteiger partial charge in [0.2, 0.25) is 0 Å². The van der Waals surface area contributed by atoms with Crippen LogP contribution in [0.2, 0.25) is 0 Å². The summed E-state index contributed by atoms with van der Waals surface area (Å²) < 4.78 is 16.7. The molecule has 6 nitrogen and oxygen atoms in total. The highest BCUT2D eigenvalue weighted by atomic mass is 16.6. The molecule has 6 heteroatoms. The first-order valence-electron chi connectivity index (χ1n) is 22.9. The van der Waals surface area contributed by atoms with Crippen LogP contribution in [0.4, 0.5) is 0 Å². The lowest BCUT2D eigenvalue weighted by Gasteiger charge is -2.18. The number of rotatable bonds is 41. The predicted octanol–water partition coefficient (Wildman–Crippen LogP) is 14.3. The summed E-state index contributed by atoms with van der Waals surface area (Å²) in [6.07, 6.45) is 39.5. The molecule has 0 radical (unpaired) electrons. The van der Waals surface area contributed by atoms with E-state index in [9.17, 15) is 14.4 Å². The number of carbonyl (C=O) groups is 3. The standard InChI is InChI=1S/C46H88O6/c1-5-7-9-11-13-15-16-17-18-19-20-22-25-29-33-37-44(47)50-40-43(52-46(49)39-35-31-26-21-14-12-10-8-6-2)41-51-45(48)38-34-30-27-23-24-28-32-36-42(3)4/h42-43H,5-41H2,1-4H3/t43-/m1/s1. The summed E-state index contributed by atoms with van der Waals surface area (Å²) in [5.41, 5.74) is 0. The third-order valence-electron chi connectivity index (χ3n) is 10.3. The van der Waals surface area contributed by atoms with Gasteiger partial charge in [-0.15, -0.1) is 0 Å². The van der Waals surface area contributed by atoms with Crippen LogP contribution in [0.25, 0.3) is 0 Å². The van der Waals surface area contributed by atoms with E-state index >= 15 is 0 Å². The van der Waals surface area contributed by atoms with Gasteiger partial charge in [0, 0.05) is 19.3 Å². The Bertz CT molecular complexity index is 781. The quantitative estimate of drug-likeness (QED) is 0.0353. The van der Waals surface area contributed by atoms with E-state index < -0.39 is 6.10 Å². The fourth-order valence-electron chi connectivity index (χ4n) is 6.80. The smallest absolute Gasteiger partial charge is 0.306 e. The van der Waals surface area contributed by atoms with Gasteiger partial charge in [0.15, 0.2) is 6.10 Å². The molecule has 0 amide bonds. The number of hydrogen-bond acceptors (Lipinski definition) is 6. The van der Waals surface area contributed by atoms with Crippen LogP contribution in [0.5, 0.6) is 0 Å². The van der Waals surface area contributed by atoms with Crippen molar-refractivity contribution in [2.75, 3.05) is 13.2 Å². The van der Waals surface area contributed by atoms with Crippen LogP contribution in [0.3, 0.4) is 0 Å². The van der Waals surface area contributed by atoms with E-state index in [0.29, 0.717) is 19.3 Å². The molecule has 0 N–H and O–H groups in total. The van der Waals surface area contributed by atoms with Gasteiger partial charge in [0.25, 0.3) is 0 Å². The van der Waals surface area contributed by atoms with E-state index in [4.69, 9.17) is 14.2 Å². The Balaban J connectivity index is 4.27. The molecule has 0 spiro atoms. The zero-order chi connectivity index (χ0) is 38.2. The lowest BCUT2D eigenvalue weighted by molar-refractivity contribution is -0.167. The number of carbonyl (C=O) groups excluding carboxylic acids is 3. The number of ether oxygens (including phenoxy) is 3. The van der Waals surface area contributed by atoms with Crippen LogP contribution >= 0.6 is 0 Å². The summed E-state index contributed by atoms with van der Waals surface area (Å²) in [5.74, 6) is -0.0772. The van der Waals surface area contributed by atoms with Gasteiger partial charge >= 0.3 is 17.9 Å². The van der Waals surface area contributed by atoms with E-state index in [0.717, 1.165) is 63.7 Å². The first kappa shape index (κ1) is 50.4. The minimum absolute atomic E-state index is 0.0643. The average Bonchev–Trinajstić information content (AvgIpc) is 3.12. The Labute approximate surface area is 323 Å². The highest BCUT2D eigenvalue weighted by Gasteiger charge is 2.19. The summed E-state index contributed by atoms with van der Waals surface area (Å²) >= 11 is 0. The summed E-state index contributed by atoms with van der Waals surface area (Å²) in [7, 11) is 0. The lowest BCUT2D eigenvalue weighted by Crippen LogP contribution is -2.30. The molecule has 0 aromatic heterocycles. The fraction of sp³-hybridized carbons (Fsp3) is 0.935. The Morgan fingerprint density at radius 2 is 0.635 bits per heavy atom. The zero-order valence-corrected chi connectivity index (χ0v) is 35.3. The average molecular weight is 737 g/mol. The predicted molar refractivity (Wildman–Crippen MR) is 220 cm³/mol. The van der Waals surface area contributed by atoms with Crippen LogP contribution in [-0.4, -0.2) is 37.2 Å². The normalized spacial score (nSPS) is 11.9. The minimum atomic E-state index is -0.758. The van der Waals surface area contributed by atoms with Crippen molar-refractivity contribution in [2.45, 2.75) is 259 Å². The molecule has 0 heterocycles. The molecule has 0 saturated carbocycles. The molecule has 0 aliphatic carbocycles. The molecule has 1 atom stereocenters. The number of esters is 3. The van der Waals surface area contributed by atoms with E-state index in [-0.39, 0.29) is 31.1 Å². The molecule has 0 aliphatic rings. The maximum Gasteiger partial charge on any atom is 0.306 e. The second-order valence-electron chi connectivity index (χ2n) is 16.2. The van der Waals surface area contributed by atoms with Gasteiger partial charge in [-0.2, -0.15) is 0 Å². The highest BCUT2D eigenvalue weighted by molar-refractivity contribution is 5.71. The third kappa shape index (κ3) is 39.6. The Morgan fingerprint density at radius 1 is 0.365 bits per heavy atom. The maximum atomic E-state index is 12.6. The largest absolute Gasteiger partial charge is 0.462 e. The molecule has 0 unspecified atom stereocenters. The molecule has 52 heavy (non-hydrogen) atoms. The summed E-state index contributed by atoms with van der Waals surface area (Å²) in [5, 5.41) is 0. The lowest BCUT2D eigenvalue weighted by atomic mass is 10.0. The first-order chi connectivity index (χ1) is 25.4. The van der Waals surface area contributed by atoms with E-state index in [1.807, 2.05) is 0 Å². The second-order valence-corrected chi connectivity index (χ2v) is 16.2. The van der Waals surface area contributed by atoms with Crippen molar-refractivity contribution < 1.29 is 28.6 Å². The van der Waals surface area contributed by atoms with E-state index in [1.165, 1.54) is 148 Å². The Morgan fingerprint density at radius 3 is 0.942 bits per heavy atom. The van der Waals surface area contributed by atoms with Gasteiger partial charge in [-0.1, -0.05) is 214 Å². The molecule has 0 bridgehead atoms. The maximum absolute atomic E-state index is 12.6. The molecular weight excluding hydrogens is 648 g/mol. The molecule has 0 rings (SSSR count). The molecule has 0 aromatic carbocycles. The molecule has 0 aliphatic heterocycles. The molecule has 308 valence electrons. The highest BCUT2D eigenvalue weighted by Crippen LogP contribution is 2.16. The van der Waals surface area contributed by atoms with Crippen LogP contribution in [0.15, 0.2) is 0 Å². The van der Waals surface area contributed by atoms with Gasteiger partial charge in [-0.05, 0) is 25.2 Å². The van der Waals surface area contributed by atoms with Crippen molar-refractivity contribution in [3.63, 3.8) is 0 Å². The molecule has 0 saturated heterocycles. The van der Waals surface area contributed by atoms with Crippen LogP contribution in [-0.2, 0) is 28.6 Å². The van der Waals surface area contributed by atoms with Gasteiger partial charge in [0.1, 0.15) is 13.2 Å². The van der Waals surface area contributed by atoms with Gasteiger partial charge in [0.05, 0.1) is 0 Å². The monoisotopic (exact) mass is 737 g/mol. The molecular formula is C46H88O6. The van der Waals surface area contributed by atoms with E-state index in [1.54, 1.807) is 0 Å². The minimum Gasteiger partial charge on any atom is -0.462 e. The number of hydrogen-bond donors (Lipinski definition) is 0. The van der Waals surface area contributed by atoms with Crippen molar-refractivity contribution in [3.05, 3.63) is 0 Å². The van der Waals surface area contributed by atoms with Crippen LogP contribution in [0, 0.1) is 5.92 Å². The third-order valence-corrected chi connectivity index (χ3v) is 10.3. The summed E-state index contributed by atoms with van der Waals surface area (Å²) in [6.45, 7) is 8.93. The zero-order valence-electron chi connectivity index (χ0n) is 35.3. The van der Waals surface area contributed by atoms with Crippen LogP contribution in [0.1, 0.15) is 252 Å². The fourth-order valence-corrected chi connectivity index (χ4v) is 6.80. The Kier molecular flexibility index (Phi) is 39.4. The van der Waals surface area contributed by atoms with Crippen LogP contribution < -0.4 is 0 Å². The Hall–Kier alpha value is -1.59. The van der Waals surface area contributed by atoms with Gasteiger partial charge in [-0.25, -0.2) is 0 Å². The van der Waals surface area contributed by atoms with Gasteiger partial charge < -0.3 is 14.2 Å². The summed E-state index contributed by atoms with van der Waals surface area (Å²) in [6, 6.07) is 0. The van der Waals surface area contributed by atoms with Crippen molar-refractivity contribution >= 4 is 17.9 Å². The second kappa shape index (κ2) is 40.6. The number of unbranched alkanes of at least 4 members (excludes halogenated alkanes) is 28. The van der Waals surface area contributed by atoms with Crippen molar-refractivity contribution in [2.24, 2.45) is 5.92 Å². The van der Waals surface area contributed by atoms with Crippen molar-refractivity contribution in [1.82, 2.24) is 0 Å². The van der Waals surface area contributed by atoms with Crippen molar-refractivity contribution in [3.8, 4) is 0 Å². The SMILES string of the molecule is CCCCCCCCCCCCCCCCCC(=O)OC[C@H](COC(=O)CCCCCCCCCC(C)C)OC(=O)CCCCCCCCCCC. The molecule has 0 fully saturated rings. The van der Waals surface area contributed by atoms with Gasteiger partial charge in [-0.3, -0.25) is 14.4 Å². The summed E-state index contributed by atoms with van der Waals surface area (Å²) in [4.78, 5) is 37.6.